The Hall–Kier alpha value is -1.67. The lowest BCUT2D eigenvalue weighted by atomic mass is 9.79. The number of benzene rings is 1. The highest BCUT2D eigenvalue weighted by atomic mass is 14.7. The fourth-order valence-corrected chi connectivity index (χ4v) is 2.73. The van der Waals surface area contributed by atoms with Crippen LogP contribution in [-0.2, 0) is 0 Å². The largest absolute Gasteiger partial charge is 0.320 e. The van der Waals surface area contributed by atoms with Crippen LogP contribution in [-0.4, -0.2) is 4.98 Å². The summed E-state index contributed by atoms with van der Waals surface area (Å²) in [6, 6.07) is 10.8. The number of nitrogens with two attached hydrogens (primary N) is 1. The summed E-state index contributed by atoms with van der Waals surface area (Å²) in [5.74, 6) is 0.785. The molecule has 0 amide bonds. The predicted molar refractivity (Wildman–Crippen MR) is 78.0 cm³/mol. The van der Waals surface area contributed by atoms with Crippen molar-refractivity contribution in [2.24, 2.45) is 5.73 Å². The number of hydrogen-bond donors (Lipinski definition) is 1. The molecule has 0 aliphatic heterocycles. The van der Waals surface area contributed by atoms with Gasteiger partial charge in [-0.15, -0.1) is 0 Å². The van der Waals surface area contributed by atoms with Gasteiger partial charge in [-0.05, 0) is 54.0 Å². The Morgan fingerprint density at radius 2 is 1.89 bits per heavy atom. The topological polar surface area (TPSA) is 38.9 Å². The molecule has 98 valence electrons. The summed E-state index contributed by atoms with van der Waals surface area (Å²) in [6.45, 7) is 2.06. The predicted octanol–water partition coefficient (Wildman–Crippen LogP) is 3.71. The van der Waals surface area contributed by atoms with Crippen LogP contribution in [0.15, 0.2) is 42.7 Å². The Bertz CT molecular complexity index is 556. The Morgan fingerprint density at radius 3 is 2.47 bits per heavy atom. The van der Waals surface area contributed by atoms with Crippen LogP contribution >= 0.6 is 0 Å². The Balaban J connectivity index is 1.83. The minimum atomic E-state index is -0.0570. The van der Waals surface area contributed by atoms with Gasteiger partial charge in [-0.25, -0.2) is 0 Å². The Morgan fingerprint density at radius 1 is 1.16 bits per heavy atom. The molecule has 1 aliphatic rings. The van der Waals surface area contributed by atoms with Gasteiger partial charge in [-0.2, -0.15) is 0 Å². The van der Waals surface area contributed by atoms with Gasteiger partial charge < -0.3 is 5.73 Å². The molecule has 1 aliphatic carbocycles. The van der Waals surface area contributed by atoms with Crippen molar-refractivity contribution in [3.63, 3.8) is 0 Å². The minimum Gasteiger partial charge on any atom is -0.320 e. The van der Waals surface area contributed by atoms with E-state index >= 15 is 0 Å². The average molecular weight is 252 g/mol. The second-order valence-corrected chi connectivity index (χ2v) is 5.50. The molecule has 1 saturated carbocycles. The van der Waals surface area contributed by atoms with Crippen molar-refractivity contribution in [1.29, 1.82) is 0 Å². The van der Waals surface area contributed by atoms with Crippen molar-refractivity contribution in [3.05, 3.63) is 65.0 Å². The molecule has 19 heavy (non-hydrogen) atoms. The van der Waals surface area contributed by atoms with Crippen LogP contribution in [0.5, 0.6) is 0 Å². The van der Waals surface area contributed by atoms with E-state index in [2.05, 4.69) is 36.2 Å². The third kappa shape index (κ3) is 2.41. The van der Waals surface area contributed by atoms with Crippen molar-refractivity contribution in [2.45, 2.75) is 38.1 Å². The molecular weight excluding hydrogens is 232 g/mol. The van der Waals surface area contributed by atoms with Crippen LogP contribution in [0.3, 0.4) is 0 Å². The van der Waals surface area contributed by atoms with Gasteiger partial charge in [0.1, 0.15) is 0 Å². The van der Waals surface area contributed by atoms with Crippen molar-refractivity contribution in [2.75, 3.05) is 0 Å². The molecule has 3 rings (SSSR count). The molecule has 1 heterocycles. The molecule has 0 bridgehead atoms. The molecule has 1 fully saturated rings. The van der Waals surface area contributed by atoms with Crippen LogP contribution in [0.4, 0.5) is 0 Å². The molecule has 1 unspecified atom stereocenters. The van der Waals surface area contributed by atoms with Gasteiger partial charge in [0.15, 0.2) is 0 Å². The average Bonchev–Trinajstić information content (AvgIpc) is 2.37. The lowest BCUT2D eigenvalue weighted by Crippen LogP contribution is -2.14. The van der Waals surface area contributed by atoms with Crippen molar-refractivity contribution >= 4 is 0 Å². The van der Waals surface area contributed by atoms with Crippen LogP contribution in [0, 0.1) is 6.92 Å². The highest BCUT2D eigenvalue weighted by molar-refractivity contribution is 5.36. The maximum atomic E-state index is 6.36. The molecule has 2 aromatic rings. The molecule has 2 heteroatoms. The van der Waals surface area contributed by atoms with Crippen molar-refractivity contribution in [1.82, 2.24) is 4.98 Å². The summed E-state index contributed by atoms with van der Waals surface area (Å²) in [5.41, 5.74) is 11.3. The van der Waals surface area contributed by atoms with Gasteiger partial charge in [0.05, 0.1) is 6.04 Å². The molecule has 2 N–H and O–H groups in total. The molecule has 1 atom stereocenters. The summed E-state index contributed by atoms with van der Waals surface area (Å²) in [7, 11) is 0. The molecule has 0 spiro atoms. The third-order valence-electron chi connectivity index (χ3n) is 4.27. The maximum Gasteiger partial charge on any atom is 0.0555 e. The zero-order chi connectivity index (χ0) is 13.2. The second kappa shape index (κ2) is 5.14. The number of hydrogen-bond acceptors (Lipinski definition) is 2. The highest BCUT2D eigenvalue weighted by Crippen LogP contribution is 2.36. The van der Waals surface area contributed by atoms with Gasteiger partial charge in [0.25, 0.3) is 0 Å². The van der Waals surface area contributed by atoms with Crippen LogP contribution < -0.4 is 5.73 Å². The molecular formula is C17H20N2. The minimum absolute atomic E-state index is 0.0570. The van der Waals surface area contributed by atoms with Crippen molar-refractivity contribution in [3.8, 4) is 0 Å². The summed E-state index contributed by atoms with van der Waals surface area (Å²) in [5, 5.41) is 0. The first-order valence-corrected chi connectivity index (χ1v) is 7.01. The quantitative estimate of drug-likeness (QED) is 0.904. The van der Waals surface area contributed by atoms with E-state index in [1.165, 1.54) is 30.4 Å². The second-order valence-electron chi connectivity index (χ2n) is 5.50. The van der Waals surface area contributed by atoms with Gasteiger partial charge >= 0.3 is 0 Å². The summed E-state index contributed by atoms with van der Waals surface area (Å²) >= 11 is 0. The molecule has 0 radical (unpaired) electrons. The lowest BCUT2D eigenvalue weighted by molar-refractivity contribution is 0.419. The standard InChI is InChI=1S/C17H20N2/c1-12-11-19-10-9-16(12)17(18)15-7-5-14(6-8-15)13-3-2-4-13/h5-11,13,17H,2-4,18H2,1H3. The van der Waals surface area contributed by atoms with Crippen molar-refractivity contribution < 1.29 is 0 Å². The van der Waals surface area contributed by atoms with Crippen LogP contribution in [0.2, 0.25) is 0 Å². The Kier molecular flexibility index (Phi) is 3.34. The van der Waals surface area contributed by atoms with Gasteiger partial charge in [0.2, 0.25) is 0 Å². The zero-order valence-corrected chi connectivity index (χ0v) is 11.3. The first-order valence-electron chi connectivity index (χ1n) is 7.01. The van der Waals surface area contributed by atoms with E-state index in [1.807, 2.05) is 18.5 Å². The molecule has 1 aromatic carbocycles. The van der Waals surface area contributed by atoms with E-state index in [9.17, 15) is 0 Å². The molecule has 0 saturated heterocycles. The summed E-state index contributed by atoms with van der Waals surface area (Å²) in [6.07, 6.45) is 7.74. The first kappa shape index (κ1) is 12.4. The van der Waals surface area contributed by atoms with E-state index in [1.54, 1.807) is 0 Å². The van der Waals surface area contributed by atoms with Gasteiger partial charge in [-0.1, -0.05) is 30.7 Å². The number of nitrogens with zero attached hydrogens (tertiary/aromatic N) is 1. The van der Waals surface area contributed by atoms with Crippen LogP contribution in [0.25, 0.3) is 0 Å². The van der Waals surface area contributed by atoms with Gasteiger partial charge in [0, 0.05) is 12.4 Å². The van der Waals surface area contributed by atoms with E-state index in [-0.39, 0.29) is 6.04 Å². The SMILES string of the molecule is Cc1cnccc1C(N)c1ccc(C2CCC2)cc1. The lowest BCUT2D eigenvalue weighted by Gasteiger charge is -2.26. The van der Waals surface area contributed by atoms with E-state index in [4.69, 9.17) is 5.73 Å². The highest BCUT2D eigenvalue weighted by Gasteiger charge is 2.19. The smallest absolute Gasteiger partial charge is 0.0555 e. The van der Waals surface area contributed by atoms with E-state index in [0.717, 1.165) is 17.0 Å². The molecule has 2 nitrogen and oxygen atoms in total. The van der Waals surface area contributed by atoms with Crippen LogP contribution in [0.1, 0.15) is 53.5 Å². The number of rotatable bonds is 3. The van der Waals surface area contributed by atoms with E-state index < -0.39 is 0 Å². The maximum absolute atomic E-state index is 6.36. The summed E-state index contributed by atoms with van der Waals surface area (Å²) in [4.78, 5) is 4.12. The fourth-order valence-electron chi connectivity index (χ4n) is 2.73. The fraction of sp³-hybridized carbons (Fsp3) is 0.353. The monoisotopic (exact) mass is 252 g/mol. The zero-order valence-electron chi connectivity index (χ0n) is 11.3. The third-order valence-corrected chi connectivity index (χ3v) is 4.27. The first-order chi connectivity index (χ1) is 9.25. The number of aromatic nitrogens is 1. The van der Waals surface area contributed by atoms with Gasteiger partial charge in [-0.3, -0.25) is 4.98 Å². The summed E-state index contributed by atoms with van der Waals surface area (Å²) < 4.78 is 0. The van der Waals surface area contributed by atoms with E-state index in [0.29, 0.717) is 0 Å². The molecule has 1 aromatic heterocycles. The number of pyridine rings is 1. The normalized spacial score (nSPS) is 16.9. The Labute approximate surface area is 114 Å². The number of aryl methyl sites for hydroxylation is 1.